The molecule has 0 saturated heterocycles. The van der Waals surface area contributed by atoms with Crippen molar-refractivity contribution in [2.24, 2.45) is 0 Å². The number of unbranched alkanes of at least 4 members (excludes halogenated alkanes) is 27. The van der Waals surface area contributed by atoms with Crippen LogP contribution in [0.15, 0.2) is 134 Å². The third-order valence-electron chi connectivity index (χ3n) is 14.1. The lowest BCUT2D eigenvalue weighted by Gasteiger charge is -2.18. The lowest BCUT2D eigenvalue weighted by Crippen LogP contribution is -2.30. The van der Waals surface area contributed by atoms with E-state index in [9.17, 15) is 14.4 Å². The second-order valence-electron chi connectivity index (χ2n) is 22.0. The first-order valence-corrected chi connectivity index (χ1v) is 33.7. The zero-order valence-corrected chi connectivity index (χ0v) is 52.8. The molecule has 0 aliphatic rings. The Hall–Kier alpha value is -4.45. The highest BCUT2D eigenvalue weighted by Crippen LogP contribution is 2.15. The van der Waals surface area contributed by atoms with Gasteiger partial charge >= 0.3 is 17.9 Å². The third-order valence-corrected chi connectivity index (χ3v) is 14.1. The van der Waals surface area contributed by atoms with Gasteiger partial charge in [0.05, 0.1) is 0 Å². The minimum absolute atomic E-state index is 0.0899. The van der Waals surface area contributed by atoms with Crippen molar-refractivity contribution in [3.05, 3.63) is 134 Å². The molecule has 460 valence electrons. The molecular weight excluding hydrogens is 997 g/mol. The van der Waals surface area contributed by atoms with E-state index in [2.05, 4.69) is 154 Å². The molecule has 0 amide bonds. The minimum atomic E-state index is -0.794. The summed E-state index contributed by atoms with van der Waals surface area (Å²) in [6.45, 7) is 6.48. The first kappa shape index (κ1) is 76.5. The monoisotopic (exact) mass is 1120 g/mol. The molecule has 0 rings (SSSR count). The van der Waals surface area contributed by atoms with Crippen molar-refractivity contribution in [2.45, 2.75) is 309 Å². The molecule has 0 N–H and O–H groups in total. The van der Waals surface area contributed by atoms with Crippen molar-refractivity contribution in [2.75, 3.05) is 13.2 Å². The van der Waals surface area contributed by atoms with Crippen LogP contribution in [-0.4, -0.2) is 37.2 Å². The standard InChI is InChI=1S/C75H124O6/c1-4-7-10-13-16-19-22-25-27-29-31-32-33-34-35-36-37-38-39-40-41-42-43-44-45-47-48-50-53-56-59-62-65-68-74(77)80-71-72(70-79-73(76)67-64-61-58-55-52-24-21-18-15-12-9-6-3)81-75(78)69-66-63-60-57-54-51-49-46-30-28-26-23-20-17-14-11-8-5-2/h7,10,16,18-21,23,25,27-28,30-32,34-35,37-38,40-41,43-44,72H,4-6,8-9,11-15,17,22,24,26,29,33,36,39,42,45-71H2,1-3H3/b10-7-,19-16-,21-18-,23-20-,27-25-,30-28-,32-31-,35-34-,38-37-,41-40-,44-43-. The summed E-state index contributed by atoms with van der Waals surface area (Å²) in [7, 11) is 0. The summed E-state index contributed by atoms with van der Waals surface area (Å²) < 4.78 is 16.9. The molecule has 0 heterocycles. The summed E-state index contributed by atoms with van der Waals surface area (Å²) >= 11 is 0. The lowest BCUT2D eigenvalue weighted by atomic mass is 10.1. The van der Waals surface area contributed by atoms with Crippen LogP contribution in [-0.2, 0) is 28.6 Å². The number of carbonyl (C=O) groups excluding carboxylic acids is 3. The van der Waals surface area contributed by atoms with Crippen molar-refractivity contribution < 1.29 is 28.6 Å². The number of hydrogen-bond acceptors (Lipinski definition) is 6. The molecular formula is C75H124O6. The van der Waals surface area contributed by atoms with E-state index < -0.39 is 6.10 Å². The summed E-state index contributed by atoms with van der Waals surface area (Å²) in [6.07, 6.45) is 96.0. The van der Waals surface area contributed by atoms with Gasteiger partial charge in [-0.2, -0.15) is 0 Å². The number of esters is 3. The highest BCUT2D eigenvalue weighted by Gasteiger charge is 2.19. The zero-order valence-electron chi connectivity index (χ0n) is 52.8. The van der Waals surface area contributed by atoms with Crippen LogP contribution in [0.25, 0.3) is 0 Å². The number of ether oxygens (including phenoxy) is 3. The Labute approximate surface area is 500 Å². The van der Waals surface area contributed by atoms with Crippen molar-refractivity contribution >= 4 is 17.9 Å². The molecule has 6 heteroatoms. The molecule has 0 fully saturated rings. The Morgan fingerprint density at radius 1 is 0.259 bits per heavy atom. The van der Waals surface area contributed by atoms with Gasteiger partial charge in [-0.05, 0) is 141 Å². The molecule has 1 unspecified atom stereocenters. The number of rotatable bonds is 60. The van der Waals surface area contributed by atoms with Crippen LogP contribution >= 0.6 is 0 Å². The Morgan fingerprint density at radius 2 is 0.481 bits per heavy atom. The Morgan fingerprint density at radius 3 is 0.790 bits per heavy atom. The summed E-state index contributed by atoms with van der Waals surface area (Å²) in [5.74, 6) is -0.910. The lowest BCUT2D eigenvalue weighted by molar-refractivity contribution is -0.167. The first-order valence-electron chi connectivity index (χ1n) is 33.7. The van der Waals surface area contributed by atoms with Crippen LogP contribution in [0.4, 0.5) is 0 Å². The van der Waals surface area contributed by atoms with Crippen LogP contribution < -0.4 is 0 Å². The van der Waals surface area contributed by atoms with E-state index in [0.29, 0.717) is 19.3 Å². The molecule has 0 aliphatic carbocycles. The zero-order chi connectivity index (χ0) is 58.5. The van der Waals surface area contributed by atoms with E-state index in [1.54, 1.807) is 0 Å². The molecule has 6 nitrogen and oxygen atoms in total. The predicted molar refractivity (Wildman–Crippen MR) is 353 cm³/mol. The van der Waals surface area contributed by atoms with E-state index in [1.165, 1.54) is 128 Å². The maximum absolute atomic E-state index is 12.9. The predicted octanol–water partition coefficient (Wildman–Crippen LogP) is 23.3. The van der Waals surface area contributed by atoms with Gasteiger partial charge in [-0.15, -0.1) is 0 Å². The van der Waals surface area contributed by atoms with Crippen LogP contribution in [0, 0.1) is 0 Å². The van der Waals surface area contributed by atoms with Crippen LogP contribution in [0.2, 0.25) is 0 Å². The maximum atomic E-state index is 12.9. The van der Waals surface area contributed by atoms with Crippen LogP contribution in [0.5, 0.6) is 0 Å². The second kappa shape index (κ2) is 68.1. The molecule has 0 aromatic heterocycles. The van der Waals surface area contributed by atoms with E-state index in [0.717, 1.165) is 135 Å². The summed E-state index contributed by atoms with van der Waals surface area (Å²) in [5, 5.41) is 0. The highest BCUT2D eigenvalue weighted by atomic mass is 16.6. The van der Waals surface area contributed by atoms with E-state index in [4.69, 9.17) is 14.2 Å². The van der Waals surface area contributed by atoms with E-state index in [-0.39, 0.29) is 31.1 Å². The second-order valence-corrected chi connectivity index (χ2v) is 22.0. The molecule has 0 spiro atoms. The fraction of sp³-hybridized carbons (Fsp3) is 0.667. The van der Waals surface area contributed by atoms with Gasteiger partial charge in [-0.1, -0.05) is 276 Å². The van der Waals surface area contributed by atoms with Gasteiger partial charge in [0.25, 0.3) is 0 Å². The highest BCUT2D eigenvalue weighted by molar-refractivity contribution is 5.71. The molecule has 0 aliphatic heterocycles. The van der Waals surface area contributed by atoms with Crippen molar-refractivity contribution in [3.63, 3.8) is 0 Å². The van der Waals surface area contributed by atoms with Gasteiger partial charge in [0.2, 0.25) is 0 Å². The topological polar surface area (TPSA) is 78.9 Å². The Bertz CT molecular complexity index is 1720. The van der Waals surface area contributed by atoms with Gasteiger partial charge in [-0.25, -0.2) is 0 Å². The average molecular weight is 1120 g/mol. The quantitative estimate of drug-likeness (QED) is 0.0261. The Balaban J connectivity index is 4.29. The minimum Gasteiger partial charge on any atom is -0.462 e. The number of allylic oxidation sites excluding steroid dienone is 22. The summed E-state index contributed by atoms with van der Waals surface area (Å²) in [4.78, 5) is 38.3. The number of carbonyl (C=O) groups is 3. The third kappa shape index (κ3) is 66.2. The SMILES string of the molecule is CC/C=C\C/C=C\C/C=C\C/C=C\C/C=C\C/C=C\C/C=C\C/C=C\CCCCCCCCCCC(=O)OCC(COC(=O)CCCCCCC/C=C\CCCCC)OC(=O)CCCCCCCCC/C=C\C/C=C\CCCCCC. The van der Waals surface area contributed by atoms with E-state index >= 15 is 0 Å². The molecule has 81 heavy (non-hydrogen) atoms. The largest absolute Gasteiger partial charge is 0.462 e. The van der Waals surface area contributed by atoms with Gasteiger partial charge < -0.3 is 14.2 Å². The smallest absolute Gasteiger partial charge is 0.306 e. The molecule has 0 aromatic rings. The molecule has 0 saturated carbocycles. The maximum Gasteiger partial charge on any atom is 0.306 e. The molecule has 1 atom stereocenters. The van der Waals surface area contributed by atoms with Crippen LogP contribution in [0.3, 0.4) is 0 Å². The normalized spacial score (nSPS) is 13.0. The van der Waals surface area contributed by atoms with Crippen molar-refractivity contribution in [1.82, 2.24) is 0 Å². The average Bonchev–Trinajstić information content (AvgIpc) is 3.47. The van der Waals surface area contributed by atoms with Crippen LogP contribution in [0.1, 0.15) is 303 Å². The van der Waals surface area contributed by atoms with Crippen molar-refractivity contribution in [1.29, 1.82) is 0 Å². The molecule has 0 aromatic carbocycles. The van der Waals surface area contributed by atoms with Gasteiger partial charge in [0.1, 0.15) is 13.2 Å². The molecule has 0 bridgehead atoms. The van der Waals surface area contributed by atoms with E-state index in [1.807, 2.05) is 0 Å². The summed E-state index contributed by atoms with van der Waals surface area (Å²) in [5.41, 5.74) is 0. The Kier molecular flexibility index (Phi) is 64.3. The fourth-order valence-corrected chi connectivity index (χ4v) is 9.07. The van der Waals surface area contributed by atoms with Gasteiger partial charge in [0.15, 0.2) is 6.10 Å². The van der Waals surface area contributed by atoms with Gasteiger partial charge in [-0.3, -0.25) is 14.4 Å². The fourth-order valence-electron chi connectivity index (χ4n) is 9.07. The van der Waals surface area contributed by atoms with Crippen molar-refractivity contribution in [3.8, 4) is 0 Å². The summed E-state index contributed by atoms with van der Waals surface area (Å²) in [6, 6.07) is 0. The molecule has 0 radical (unpaired) electrons. The van der Waals surface area contributed by atoms with Gasteiger partial charge in [0, 0.05) is 19.3 Å². The number of hydrogen-bond donors (Lipinski definition) is 0. The first-order chi connectivity index (χ1) is 40.0.